The molecule has 0 radical (unpaired) electrons. The molecule has 0 N–H and O–H groups in total. The molecule has 2 fully saturated rings. The van der Waals surface area contributed by atoms with Gasteiger partial charge in [0, 0.05) is 18.1 Å². The van der Waals surface area contributed by atoms with E-state index in [0.29, 0.717) is 18.3 Å². The van der Waals surface area contributed by atoms with Gasteiger partial charge in [-0.1, -0.05) is 11.3 Å². The highest BCUT2D eigenvalue weighted by Crippen LogP contribution is 2.33. The summed E-state index contributed by atoms with van der Waals surface area (Å²) in [4.78, 5) is 4.04. The van der Waals surface area contributed by atoms with Gasteiger partial charge in [-0.05, 0) is 19.3 Å². The molecular formula is C10H14N2O3S2. The van der Waals surface area contributed by atoms with Gasteiger partial charge < -0.3 is 4.74 Å². The van der Waals surface area contributed by atoms with Crippen LogP contribution < -0.4 is 4.74 Å². The molecule has 17 heavy (non-hydrogen) atoms. The number of thiazole rings is 1. The van der Waals surface area contributed by atoms with E-state index in [4.69, 9.17) is 4.74 Å². The summed E-state index contributed by atoms with van der Waals surface area (Å²) in [6, 6.07) is 0. The number of sulfonamides is 1. The molecule has 1 aliphatic carbocycles. The summed E-state index contributed by atoms with van der Waals surface area (Å²) in [6.45, 7) is 1.05. The van der Waals surface area contributed by atoms with E-state index in [9.17, 15) is 8.42 Å². The Morgan fingerprint density at radius 3 is 2.88 bits per heavy atom. The van der Waals surface area contributed by atoms with Crippen LogP contribution in [0.2, 0.25) is 0 Å². The van der Waals surface area contributed by atoms with Crippen LogP contribution in [0.1, 0.15) is 19.3 Å². The molecule has 1 saturated heterocycles. The third-order valence-corrected chi connectivity index (χ3v) is 6.12. The molecule has 2 heterocycles. The van der Waals surface area contributed by atoms with Crippen LogP contribution in [-0.4, -0.2) is 42.2 Å². The minimum Gasteiger partial charge on any atom is -0.465 e. The quantitative estimate of drug-likeness (QED) is 0.824. The first-order chi connectivity index (χ1) is 8.16. The predicted molar refractivity (Wildman–Crippen MR) is 64.7 cm³/mol. The van der Waals surface area contributed by atoms with Crippen LogP contribution in [0.15, 0.2) is 11.6 Å². The first-order valence-corrected chi connectivity index (χ1v) is 8.09. The van der Waals surface area contributed by atoms with Crippen LogP contribution in [0, 0.1) is 0 Å². The topological polar surface area (TPSA) is 59.5 Å². The average Bonchev–Trinajstić information content (AvgIpc) is 2.85. The average molecular weight is 274 g/mol. The summed E-state index contributed by atoms with van der Waals surface area (Å²) in [6.07, 6.45) is 4.03. The summed E-state index contributed by atoms with van der Waals surface area (Å²) >= 11 is 1.44. The van der Waals surface area contributed by atoms with Gasteiger partial charge in [0.2, 0.25) is 10.0 Å². The fourth-order valence-corrected chi connectivity index (χ4v) is 4.45. The Balaban J connectivity index is 1.62. The summed E-state index contributed by atoms with van der Waals surface area (Å²) < 4.78 is 31.2. The maximum Gasteiger partial charge on any atom is 0.273 e. The lowest BCUT2D eigenvalue weighted by Crippen LogP contribution is -2.33. The normalized spacial score (nSPS) is 26.2. The molecule has 1 saturated carbocycles. The zero-order chi connectivity index (χ0) is 11.9. The van der Waals surface area contributed by atoms with Gasteiger partial charge in [0.1, 0.15) is 6.10 Å². The second-order valence-electron chi connectivity index (χ2n) is 4.43. The van der Waals surface area contributed by atoms with Crippen LogP contribution in [0.5, 0.6) is 5.19 Å². The zero-order valence-corrected chi connectivity index (χ0v) is 10.9. The number of rotatable bonds is 4. The fourth-order valence-electron chi connectivity index (χ4n) is 2.01. The number of hydrogen-bond acceptors (Lipinski definition) is 5. The summed E-state index contributed by atoms with van der Waals surface area (Å²) in [5.41, 5.74) is 0. The molecule has 1 aliphatic heterocycles. The molecule has 94 valence electrons. The van der Waals surface area contributed by atoms with Gasteiger partial charge in [-0.25, -0.2) is 13.4 Å². The van der Waals surface area contributed by atoms with Crippen molar-refractivity contribution in [3.63, 3.8) is 0 Å². The second-order valence-corrected chi connectivity index (χ2v) is 7.50. The van der Waals surface area contributed by atoms with E-state index >= 15 is 0 Å². The van der Waals surface area contributed by atoms with Crippen molar-refractivity contribution >= 4 is 21.4 Å². The lowest BCUT2D eigenvalue weighted by Gasteiger charge is -2.15. The Hall–Kier alpha value is -0.660. The molecule has 1 aromatic rings. The first-order valence-electron chi connectivity index (χ1n) is 5.71. The molecular weight excluding hydrogens is 260 g/mol. The van der Waals surface area contributed by atoms with Crippen LogP contribution in [0.3, 0.4) is 0 Å². The standard InChI is InChI=1S/C10H14N2O3S2/c13-17(14,9-1-2-9)12-5-3-8(7-12)15-10-11-4-6-16-10/h4,6,8-9H,1-3,5,7H2. The Labute approximate surface area is 104 Å². The number of aromatic nitrogens is 1. The first kappa shape index (κ1) is 11.4. The number of hydrogen-bond donors (Lipinski definition) is 0. The van der Waals surface area contributed by atoms with Gasteiger partial charge in [0.05, 0.1) is 11.8 Å². The van der Waals surface area contributed by atoms with E-state index in [0.717, 1.165) is 19.3 Å². The zero-order valence-electron chi connectivity index (χ0n) is 9.28. The monoisotopic (exact) mass is 274 g/mol. The third-order valence-electron chi connectivity index (χ3n) is 3.09. The molecule has 2 aliphatic rings. The Morgan fingerprint density at radius 2 is 2.24 bits per heavy atom. The van der Waals surface area contributed by atoms with E-state index in [1.54, 1.807) is 10.5 Å². The highest BCUT2D eigenvalue weighted by molar-refractivity contribution is 7.90. The van der Waals surface area contributed by atoms with Crippen molar-refractivity contribution in [1.29, 1.82) is 0 Å². The summed E-state index contributed by atoms with van der Waals surface area (Å²) in [7, 11) is -3.04. The molecule has 0 aromatic carbocycles. The lowest BCUT2D eigenvalue weighted by atomic mass is 10.3. The van der Waals surface area contributed by atoms with Crippen molar-refractivity contribution in [2.24, 2.45) is 0 Å². The van der Waals surface area contributed by atoms with Crippen LogP contribution in [0.4, 0.5) is 0 Å². The molecule has 0 spiro atoms. The molecule has 0 bridgehead atoms. The van der Waals surface area contributed by atoms with Gasteiger partial charge in [-0.15, -0.1) is 0 Å². The molecule has 1 unspecified atom stereocenters. The van der Waals surface area contributed by atoms with Crippen molar-refractivity contribution in [3.05, 3.63) is 11.6 Å². The predicted octanol–water partition coefficient (Wildman–Crippen LogP) is 1.09. The highest BCUT2D eigenvalue weighted by atomic mass is 32.2. The molecule has 5 nitrogen and oxygen atoms in total. The maximum atomic E-state index is 12.0. The van der Waals surface area contributed by atoms with E-state index in [-0.39, 0.29) is 11.4 Å². The Bertz CT molecular complexity index is 482. The van der Waals surface area contributed by atoms with Gasteiger partial charge in [0.25, 0.3) is 5.19 Å². The SMILES string of the molecule is O=S(=O)(C1CC1)N1CCC(Oc2nccs2)C1. The van der Waals surface area contributed by atoms with Crippen LogP contribution in [-0.2, 0) is 10.0 Å². The minimum absolute atomic E-state index is 0.0466. The van der Waals surface area contributed by atoms with Crippen LogP contribution in [0.25, 0.3) is 0 Å². The minimum atomic E-state index is -3.04. The largest absolute Gasteiger partial charge is 0.465 e. The van der Waals surface area contributed by atoms with Crippen LogP contribution >= 0.6 is 11.3 Å². The van der Waals surface area contributed by atoms with Crippen molar-refractivity contribution < 1.29 is 13.2 Å². The smallest absolute Gasteiger partial charge is 0.273 e. The van der Waals surface area contributed by atoms with Gasteiger partial charge in [-0.2, -0.15) is 4.31 Å². The molecule has 1 aromatic heterocycles. The second kappa shape index (κ2) is 4.22. The molecule has 0 amide bonds. The maximum absolute atomic E-state index is 12.0. The molecule has 7 heteroatoms. The Morgan fingerprint density at radius 1 is 1.41 bits per heavy atom. The van der Waals surface area contributed by atoms with Crippen molar-refractivity contribution in [2.45, 2.75) is 30.6 Å². The third kappa shape index (κ3) is 2.31. The number of nitrogens with zero attached hydrogens (tertiary/aromatic N) is 2. The summed E-state index contributed by atoms with van der Waals surface area (Å²) in [5, 5.41) is 2.35. The van der Waals surface area contributed by atoms with E-state index < -0.39 is 10.0 Å². The van der Waals surface area contributed by atoms with Gasteiger partial charge in [0.15, 0.2) is 0 Å². The van der Waals surface area contributed by atoms with E-state index in [1.165, 1.54) is 11.3 Å². The van der Waals surface area contributed by atoms with Crippen molar-refractivity contribution in [1.82, 2.24) is 9.29 Å². The van der Waals surface area contributed by atoms with Crippen molar-refractivity contribution in [3.8, 4) is 5.19 Å². The fraction of sp³-hybridized carbons (Fsp3) is 0.700. The van der Waals surface area contributed by atoms with E-state index in [1.807, 2.05) is 5.38 Å². The van der Waals surface area contributed by atoms with E-state index in [2.05, 4.69) is 4.98 Å². The number of ether oxygens (including phenoxy) is 1. The molecule has 3 rings (SSSR count). The lowest BCUT2D eigenvalue weighted by molar-refractivity contribution is 0.214. The summed E-state index contributed by atoms with van der Waals surface area (Å²) in [5.74, 6) is 0. The highest BCUT2D eigenvalue weighted by Gasteiger charge is 2.43. The van der Waals surface area contributed by atoms with Crippen molar-refractivity contribution in [2.75, 3.05) is 13.1 Å². The Kier molecular flexibility index (Phi) is 2.84. The van der Waals surface area contributed by atoms with Gasteiger partial charge >= 0.3 is 0 Å². The molecule has 1 atom stereocenters. The van der Waals surface area contributed by atoms with Gasteiger partial charge in [-0.3, -0.25) is 0 Å².